The highest BCUT2D eigenvalue weighted by atomic mass is 16.5. The average Bonchev–Trinajstić information content (AvgIpc) is 2.96. The molecule has 0 aromatic heterocycles. The minimum absolute atomic E-state index is 0.127. The second-order valence-corrected chi connectivity index (χ2v) is 9.93. The van der Waals surface area contributed by atoms with Crippen LogP contribution in [0.25, 0.3) is 0 Å². The van der Waals surface area contributed by atoms with E-state index in [-0.39, 0.29) is 17.6 Å². The number of carbonyl (C=O) groups is 2. The summed E-state index contributed by atoms with van der Waals surface area (Å²) in [6.45, 7) is 8.05. The van der Waals surface area contributed by atoms with Crippen LogP contribution in [-0.4, -0.2) is 69.3 Å². The van der Waals surface area contributed by atoms with Crippen molar-refractivity contribution >= 4 is 11.8 Å². The fraction of sp³-hybridized carbons (Fsp3) is 0.548. The van der Waals surface area contributed by atoms with Crippen LogP contribution in [0.1, 0.15) is 56.6 Å². The molecule has 2 amide bonds. The lowest BCUT2D eigenvalue weighted by Crippen LogP contribution is -2.48. The number of rotatable bonds is 22. The molecule has 0 saturated carbocycles. The lowest BCUT2D eigenvalue weighted by atomic mass is 10.0. The Bertz CT molecular complexity index is 970. The number of aromatic hydroxyl groups is 1. The van der Waals surface area contributed by atoms with Crippen LogP contribution in [0.3, 0.4) is 0 Å². The molecule has 2 aromatic carbocycles. The Labute approximate surface area is 239 Å². The van der Waals surface area contributed by atoms with Crippen molar-refractivity contribution in [2.75, 3.05) is 46.4 Å². The summed E-state index contributed by atoms with van der Waals surface area (Å²) in [5.74, 6) is 0.792. The number of hydrogen-bond acceptors (Lipinski definition) is 7. The van der Waals surface area contributed by atoms with Gasteiger partial charge in [-0.3, -0.25) is 9.59 Å². The molecule has 0 aliphatic carbocycles. The maximum atomic E-state index is 12.8. The Kier molecular flexibility index (Phi) is 17.1. The largest absolute Gasteiger partial charge is 0.508 e. The van der Waals surface area contributed by atoms with E-state index in [9.17, 15) is 14.7 Å². The molecule has 0 aliphatic heterocycles. The van der Waals surface area contributed by atoms with E-state index in [1.54, 1.807) is 31.4 Å². The van der Waals surface area contributed by atoms with Crippen molar-refractivity contribution in [1.29, 1.82) is 0 Å². The van der Waals surface area contributed by atoms with Crippen molar-refractivity contribution in [1.82, 2.24) is 26.6 Å². The predicted molar refractivity (Wildman–Crippen MR) is 161 cm³/mol. The Balaban J connectivity index is 1.47. The number of carbonyl (C=O) groups excluding carboxylic acids is 2. The van der Waals surface area contributed by atoms with Gasteiger partial charge in [-0.1, -0.05) is 37.3 Å². The zero-order valence-corrected chi connectivity index (χ0v) is 24.3. The van der Waals surface area contributed by atoms with Gasteiger partial charge in [0.25, 0.3) is 0 Å². The Morgan fingerprint density at radius 3 is 2.12 bits per heavy atom. The molecule has 1 atom stereocenters. The molecule has 0 fully saturated rings. The maximum absolute atomic E-state index is 12.8. The SMILES string of the molecule is CCCC(=O)N[C@@H](Cc1ccc(O)cc1)C(=O)NCCCNCCCCNCCCNCc1ccccc1OC. The van der Waals surface area contributed by atoms with Crippen molar-refractivity contribution in [3.8, 4) is 11.5 Å². The topological polar surface area (TPSA) is 124 Å². The van der Waals surface area contributed by atoms with Gasteiger partial charge in [0.05, 0.1) is 7.11 Å². The first kappa shape index (κ1) is 33.1. The molecule has 0 radical (unpaired) electrons. The Hall–Kier alpha value is -3.14. The molecule has 0 spiro atoms. The second-order valence-electron chi connectivity index (χ2n) is 9.93. The van der Waals surface area contributed by atoms with Crippen LogP contribution in [0, 0.1) is 0 Å². The zero-order chi connectivity index (χ0) is 28.8. The molecule has 0 aliphatic rings. The number of phenols is 1. The summed E-state index contributed by atoms with van der Waals surface area (Å²) in [5, 5.41) is 25.7. The highest BCUT2D eigenvalue weighted by Gasteiger charge is 2.20. The van der Waals surface area contributed by atoms with Crippen molar-refractivity contribution in [2.24, 2.45) is 0 Å². The number of hydrogen-bond donors (Lipinski definition) is 6. The first-order chi connectivity index (χ1) is 19.5. The van der Waals surface area contributed by atoms with Crippen molar-refractivity contribution in [3.63, 3.8) is 0 Å². The molecule has 2 rings (SSSR count). The molecule has 0 saturated heterocycles. The second kappa shape index (κ2) is 20.7. The van der Waals surface area contributed by atoms with Crippen LogP contribution in [0.2, 0.25) is 0 Å². The smallest absolute Gasteiger partial charge is 0.242 e. The summed E-state index contributed by atoms with van der Waals surface area (Å²) in [4.78, 5) is 24.9. The molecule has 222 valence electrons. The molecule has 6 N–H and O–H groups in total. The van der Waals surface area contributed by atoms with Crippen LogP contribution in [0.5, 0.6) is 11.5 Å². The van der Waals surface area contributed by atoms with Gasteiger partial charge in [0.1, 0.15) is 17.5 Å². The highest BCUT2D eigenvalue weighted by Crippen LogP contribution is 2.16. The summed E-state index contributed by atoms with van der Waals surface area (Å²) >= 11 is 0. The first-order valence-electron chi connectivity index (χ1n) is 14.6. The molecule has 9 heteroatoms. The van der Waals surface area contributed by atoms with Crippen molar-refractivity contribution in [2.45, 2.75) is 64.5 Å². The summed E-state index contributed by atoms with van der Waals surface area (Å²) in [6, 6.07) is 14.2. The van der Waals surface area contributed by atoms with Gasteiger partial charge in [-0.25, -0.2) is 0 Å². The number of ether oxygens (including phenoxy) is 1. The summed E-state index contributed by atoms with van der Waals surface area (Å²) in [6.07, 6.45) is 5.62. The van der Waals surface area contributed by atoms with Crippen LogP contribution < -0.4 is 31.3 Å². The van der Waals surface area contributed by atoms with Gasteiger partial charge in [0.15, 0.2) is 0 Å². The molecule has 0 heterocycles. The lowest BCUT2D eigenvalue weighted by molar-refractivity contribution is -0.129. The third-order valence-electron chi connectivity index (χ3n) is 6.51. The number of nitrogens with one attached hydrogen (secondary N) is 5. The van der Waals surface area contributed by atoms with E-state index in [2.05, 4.69) is 32.7 Å². The van der Waals surface area contributed by atoms with Gasteiger partial charge >= 0.3 is 0 Å². The van der Waals surface area contributed by atoms with Gasteiger partial charge in [0.2, 0.25) is 11.8 Å². The maximum Gasteiger partial charge on any atom is 0.242 e. The molecule has 0 unspecified atom stereocenters. The Morgan fingerprint density at radius 1 is 0.825 bits per heavy atom. The normalized spacial score (nSPS) is 11.7. The van der Waals surface area contributed by atoms with Crippen LogP contribution in [0.15, 0.2) is 48.5 Å². The van der Waals surface area contributed by atoms with Crippen LogP contribution in [-0.2, 0) is 22.6 Å². The van der Waals surface area contributed by atoms with Gasteiger partial charge in [0, 0.05) is 31.5 Å². The highest BCUT2D eigenvalue weighted by molar-refractivity contribution is 5.87. The number of phenolic OH excluding ortho intramolecular Hbond substituents is 1. The molecule has 0 bridgehead atoms. The third-order valence-corrected chi connectivity index (χ3v) is 6.51. The minimum Gasteiger partial charge on any atom is -0.508 e. The third kappa shape index (κ3) is 14.3. The van der Waals surface area contributed by atoms with Crippen LogP contribution >= 0.6 is 0 Å². The fourth-order valence-corrected chi connectivity index (χ4v) is 4.28. The summed E-state index contributed by atoms with van der Waals surface area (Å²) in [7, 11) is 1.70. The molecular weight excluding hydrogens is 506 g/mol. The molecule has 9 nitrogen and oxygen atoms in total. The van der Waals surface area contributed by atoms with E-state index in [0.29, 0.717) is 19.4 Å². The number of para-hydroxylation sites is 1. The Morgan fingerprint density at radius 2 is 1.45 bits per heavy atom. The molecule has 40 heavy (non-hydrogen) atoms. The number of unbranched alkanes of at least 4 members (excludes halogenated alkanes) is 1. The lowest BCUT2D eigenvalue weighted by Gasteiger charge is -2.19. The van der Waals surface area contributed by atoms with E-state index >= 15 is 0 Å². The minimum atomic E-state index is -0.632. The predicted octanol–water partition coefficient (Wildman–Crippen LogP) is 2.87. The number of benzene rings is 2. The average molecular weight is 556 g/mol. The monoisotopic (exact) mass is 555 g/mol. The van der Waals surface area contributed by atoms with E-state index in [0.717, 1.165) is 82.7 Å². The van der Waals surface area contributed by atoms with Crippen LogP contribution in [0.4, 0.5) is 0 Å². The fourth-order valence-electron chi connectivity index (χ4n) is 4.28. The van der Waals surface area contributed by atoms with E-state index in [1.165, 1.54) is 5.56 Å². The van der Waals surface area contributed by atoms with E-state index in [1.807, 2.05) is 25.1 Å². The molecule has 2 aromatic rings. The van der Waals surface area contributed by atoms with E-state index < -0.39 is 6.04 Å². The van der Waals surface area contributed by atoms with Gasteiger partial charge in [-0.15, -0.1) is 0 Å². The first-order valence-corrected chi connectivity index (χ1v) is 14.6. The number of methoxy groups -OCH3 is 1. The number of amides is 2. The van der Waals surface area contributed by atoms with Gasteiger partial charge in [-0.2, -0.15) is 0 Å². The van der Waals surface area contributed by atoms with Crippen molar-refractivity contribution < 1.29 is 19.4 Å². The zero-order valence-electron chi connectivity index (χ0n) is 24.3. The van der Waals surface area contributed by atoms with Gasteiger partial charge in [-0.05, 0) is 88.6 Å². The van der Waals surface area contributed by atoms with E-state index in [4.69, 9.17) is 4.74 Å². The summed E-state index contributed by atoms with van der Waals surface area (Å²) in [5.41, 5.74) is 2.06. The van der Waals surface area contributed by atoms with Crippen molar-refractivity contribution in [3.05, 3.63) is 59.7 Å². The molecular formula is C31H49N5O4. The summed E-state index contributed by atoms with van der Waals surface area (Å²) < 4.78 is 5.38. The van der Waals surface area contributed by atoms with Gasteiger partial charge < -0.3 is 36.4 Å². The quantitative estimate of drug-likeness (QED) is 0.124. The standard InChI is InChI=1S/C31H49N5O4/c1-3-10-30(38)36-28(23-25-13-15-27(37)16-14-25)31(39)35-22-9-20-33-18-7-6-17-32-19-8-21-34-24-26-11-4-5-12-29(26)40-2/h4-5,11-16,28,32-34,37H,3,6-10,17-24H2,1-2H3,(H,35,39)(H,36,38)/t28-/m0/s1.